The van der Waals surface area contributed by atoms with Crippen LogP contribution in [0.15, 0.2) is 0 Å². The van der Waals surface area contributed by atoms with Crippen molar-refractivity contribution < 1.29 is 14.3 Å². The summed E-state index contributed by atoms with van der Waals surface area (Å²) in [6.07, 6.45) is 1.87. The molecule has 0 unspecified atom stereocenters. The molecule has 4 atom stereocenters. The summed E-state index contributed by atoms with van der Waals surface area (Å²) < 4.78 is 11.5. The Hall–Kier alpha value is -0.570. The van der Waals surface area contributed by atoms with Gasteiger partial charge in [-0.25, -0.2) is 0 Å². The van der Waals surface area contributed by atoms with Crippen molar-refractivity contribution in [2.75, 3.05) is 0 Å². The van der Waals surface area contributed by atoms with Crippen LogP contribution < -0.4 is 0 Å². The fourth-order valence-electron chi connectivity index (χ4n) is 3.85. The number of fused-ring (bicyclic) bond motifs is 1. The van der Waals surface area contributed by atoms with E-state index in [0.717, 1.165) is 12.8 Å². The van der Waals surface area contributed by atoms with E-state index in [1.54, 1.807) is 0 Å². The van der Waals surface area contributed by atoms with Gasteiger partial charge in [-0.3, -0.25) is 4.79 Å². The summed E-state index contributed by atoms with van der Waals surface area (Å²) in [6, 6.07) is 0. The van der Waals surface area contributed by atoms with E-state index in [2.05, 4.69) is 20.8 Å². The van der Waals surface area contributed by atoms with Crippen LogP contribution in [0.1, 0.15) is 40.5 Å². The van der Waals surface area contributed by atoms with Crippen molar-refractivity contribution in [2.45, 2.75) is 51.9 Å². The first-order valence-electron chi connectivity index (χ1n) is 5.73. The smallest absolute Gasteiger partial charge is 0.314 e. The van der Waals surface area contributed by atoms with Crippen LogP contribution in [0, 0.1) is 17.3 Å². The third-order valence-electron chi connectivity index (χ3n) is 5.11. The van der Waals surface area contributed by atoms with Crippen molar-refractivity contribution in [2.24, 2.45) is 17.3 Å². The van der Waals surface area contributed by atoms with Gasteiger partial charge in [-0.1, -0.05) is 13.8 Å². The molecule has 0 spiro atoms. The molecular weight excluding hydrogens is 192 g/mol. The molecule has 0 aromatic rings. The monoisotopic (exact) mass is 210 g/mol. The van der Waals surface area contributed by atoms with Crippen molar-refractivity contribution >= 4 is 5.97 Å². The van der Waals surface area contributed by atoms with Crippen molar-refractivity contribution in [1.82, 2.24) is 0 Å². The lowest BCUT2D eigenvalue weighted by Gasteiger charge is -2.65. The lowest BCUT2D eigenvalue weighted by atomic mass is 9.45. The van der Waals surface area contributed by atoms with E-state index in [9.17, 15) is 4.79 Å². The molecule has 4 bridgehead atoms. The topological polar surface area (TPSA) is 35.5 Å². The van der Waals surface area contributed by atoms with Gasteiger partial charge < -0.3 is 9.47 Å². The van der Waals surface area contributed by atoms with Gasteiger partial charge in [0.2, 0.25) is 5.79 Å². The van der Waals surface area contributed by atoms with Crippen LogP contribution in [-0.4, -0.2) is 17.4 Å². The Bertz CT molecular complexity index is 349. The molecule has 4 saturated heterocycles. The molecule has 4 aliphatic heterocycles. The van der Waals surface area contributed by atoms with Crippen LogP contribution in [0.3, 0.4) is 0 Å². The van der Waals surface area contributed by atoms with E-state index >= 15 is 0 Å². The van der Waals surface area contributed by atoms with Crippen molar-refractivity contribution in [1.29, 1.82) is 0 Å². The number of hydrogen-bond donors (Lipinski definition) is 0. The predicted molar refractivity (Wildman–Crippen MR) is 54.0 cm³/mol. The molecular formula is C12H18O3. The zero-order valence-electron chi connectivity index (χ0n) is 9.79. The summed E-state index contributed by atoms with van der Waals surface area (Å²) in [6.45, 7) is 8.37. The molecule has 0 N–H and O–H groups in total. The van der Waals surface area contributed by atoms with Crippen LogP contribution in [0.25, 0.3) is 0 Å². The summed E-state index contributed by atoms with van der Waals surface area (Å²) in [7, 11) is 0. The zero-order valence-corrected chi connectivity index (χ0v) is 9.79. The van der Waals surface area contributed by atoms with E-state index in [4.69, 9.17) is 9.47 Å². The van der Waals surface area contributed by atoms with Crippen molar-refractivity contribution in [3.8, 4) is 0 Å². The number of ether oxygens (including phenoxy) is 2. The van der Waals surface area contributed by atoms with Gasteiger partial charge in [0.05, 0.1) is 11.5 Å². The molecule has 5 fully saturated rings. The first-order chi connectivity index (χ1) is 6.80. The molecule has 0 aromatic carbocycles. The number of hydrogen-bond acceptors (Lipinski definition) is 3. The Balaban J connectivity index is 2.12. The maximum Gasteiger partial charge on any atom is 0.314 e. The van der Waals surface area contributed by atoms with Crippen LogP contribution >= 0.6 is 0 Å². The highest BCUT2D eigenvalue weighted by Crippen LogP contribution is 2.68. The minimum atomic E-state index is -0.676. The highest BCUT2D eigenvalue weighted by Gasteiger charge is 2.74. The molecule has 0 radical (unpaired) electrons. The minimum absolute atomic E-state index is 0.0388. The van der Waals surface area contributed by atoms with Gasteiger partial charge in [0.25, 0.3) is 0 Å². The van der Waals surface area contributed by atoms with E-state index in [0.29, 0.717) is 5.92 Å². The molecule has 1 saturated carbocycles. The molecule has 5 aliphatic rings. The first-order valence-corrected chi connectivity index (χ1v) is 5.73. The van der Waals surface area contributed by atoms with Gasteiger partial charge in [-0.2, -0.15) is 0 Å². The molecule has 15 heavy (non-hydrogen) atoms. The van der Waals surface area contributed by atoms with E-state index in [1.165, 1.54) is 0 Å². The van der Waals surface area contributed by atoms with Crippen LogP contribution in [0.5, 0.6) is 0 Å². The van der Waals surface area contributed by atoms with Gasteiger partial charge in [0.15, 0.2) is 0 Å². The third-order valence-corrected chi connectivity index (χ3v) is 5.11. The van der Waals surface area contributed by atoms with E-state index in [1.807, 2.05) is 6.92 Å². The zero-order chi connectivity index (χ0) is 11.1. The first kappa shape index (κ1) is 9.64. The predicted octanol–water partition coefficient (Wildman–Crippen LogP) is 2.10. The second kappa shape index (κ2) is 2.24. The largest absolute Gasteiger partial charge is 0.433 e. The number of esters is 1. The Kier molecular flexibility index (Phi) is 1.44. The maximum atomic E-state index is 11.9. The Morgan fingerprint density at radius 1 is 1.27 bits per heavy atom. The summed E-state index contributed by atoms with van der Waals surface area (Å²) >= 11 is 0. The fourth-order valence-corrected chi connectivity index (χ4v) is 3.85. The summed E-state index contributed by atoms with van der Waals surface area (Å²) in [4.78, 5) is 11.9. The molecule has 1 aliphatic carbocycles. The molecule has 5 rings (SSSR count). The van der Waals surface area contributed by atoms with Crippen molar-refractivity contribution in [3.63, 3.8) is 0 Å². The van der Waals surface area contributed by atoms with Crippen molar-refractivity contribution in [3.05, 3.63) is 0 Å². The highest BCUT2D eigenvalue weighted by atomic mass is 16.7. The van der Waals surface area contributed by atoms with Gasteiger partial charge in [-0.05, 0) is 24.7 Å². The molecule has 0 amide bonds. The standard InChI is InChI=1S/C12H18O3/c1-10(2)7-5-6-11(3)14-9(13)8(7)12(10,4)15-11/h7-8H,5-6H2,1-4H3/t7-,8-,11+,12+/m1/s1. The molecule has 3 heteroatoms. The SMILES string of the molecule is CC1(C)[C@@H]2CC[C@@]3(C)OC(=O)[C@@H]2[C@]1(C)O3. The molecule has 0 aromatic heterocycles. The van der Waals surface area contributed by atoms with Crippen LogP contribution in [0.4, 0.5) is 0 Å². The Morgan fingerprint density at radius 3 is 2.60 bits per heavy atom. The normalized spacial score (nSPS) is 55.6. The lowest BCUT2D eigenvalue weighted by molar-refractivity contribution is -0.364. The van der Waals surface area contributed by atoms with E-state index in [-0.39, 0.29) is 22.9 Å². The third kappa shape index (κ3) is 0.850. The molecule has 84 valence electrons. The molecule has 3 nitrogen and oxygen atoms in total. The average Bonchev–Trinajstić information content (AvgIpc) is 2.30. The number of rotatable bonds is 0. The minimum Gasteiger partial charge on any atom is -0.433 e. The van der Waals surface area contributed by atoms with Gasteiger partial charge in [0.1, 0.15) is 0 Å². The molecule has 4 heterocycles. The maximum absolute atomic E-state index is 11.9. The van der Waals surface area contributed by atoms with Crippen LogP contribution in [-0.2, 0) is 14.3 Å². The quantitative estimate of drug-likeness (QED) is 0.574. The van der Waals surface area contributed by atoms with Gasteiger partial charge in [0, 0.05) is 13.3 Å². The fraction of sp³-hybridized carbons (Fsp3) is 0.917. The van der Waals surface area contributed by atoms with Gasteiger partial charge in [-0.15, -0.1) is 0 Å². The van der Waals surface area contributed by atoms with Crippen LogP contribution in [0.2, 0.25) is 0 Å². The lowest BCUT2D eigenvalue weighted by Crippen LogP contribution is -2.73. The summed E-state index contributed by atoms with van der Waals surface area (Å²) in [5.41, 5.74) is -0.229. The summed E-state index contributed by atoms with van der Waals surface area (Å²) in [5.74, 6) is -0.333. The second-order valence-corrected chi connectivity index (χ2v) is 6.11. The highest BCUT2D eigenvalue weighted by molar-refractivity contribution is 5.78. The number of carbonyl (C=O) groups excluding carboxylic acids is 1. The number of carbonyl (C=O) groups is 1. The van der Waals surface area contributed by atoms with Gasteiger partial charge >= 0.3 is 5.97 Å². The Labute approximate surface area is 90.1 Å². The second-order valence-electron chi connectivity index (χ2n) is 6.11. The Morgan fingerprint density at radius 2 is 1.93 bits per heavy atom. The van der Waals surface area contributed by atoms with E-state index < -0.39 is 5.79 Å². The average molecular weight is 210 g/mol. The summed E-state index contributed by atoms with van der Waals surface area (Å²) in [5, 5.41) is 0.